The molecule has 0 radical (unpaired) electrons. The maximum Gasteiger partial charge on any atom is 0.136 e. The minimum absolute atomic E-state index is 0.0231. The van der Waals surface area contributed by atoms with Crippen molar-refractivity contribution in [2.75, 3.05) is 0 Å². The van der Waals surface area contributed by atoms with Crippen molar-refractivity contribution in [3.8, 4) is 5.75 Å². The molecule has 0 atom stereocenters. The van der Waals surface area contributed by atoms with Crippen molar-refractivity contribution in [1.82, 2.24) is 0 Å². The van der Waals surface area contributed by atoms with E-state index in [-0.39, 0.29) is 5.75 Å². The number of phenolic OH excluding ortho intramolecular Hbond substituents is 1. The van der Waals surface area contributed by atoms with Crippen LogP contribution in [-0.2, 0) is 0 Å². The van der Waals surface area contributed by atoms with Crippen LogP contribution in [0.15, 0.2) is 23.6 Å². The van der Waals surface area contributed by atoms with E-state index in [1.54, 1.807) is 6.07 Å². The highest BCUT2D eigenvalue weighted by Crippen LogP contribution is 2.30. The van der Waals surface area contributed by atoms with Crippen LogP contribution < -0.4 is 0 Å². The van der Waals surface area contributed by atoms with Gasteiger partial charge >= 0.3 is 0 Å². The van der Waals surface area contributed by atoms with Crippen LogP contribution >= 0.6 is 11.3 Å². The summed E-state index contributed by atoms with van der Waals surface area (Å²) in [5.74, 6) is -0.372. The van der Waals surface area contributed by atoms with E-state index < -0.39 is 5.82 Å². The standard InChI is InChI=1S/C8H5FOS/c9-6-3-5-1-2-11-8(5)7(10)4-6/h1-4,10H. The predicted octanol–water partition coefficient (Wildman–Crippen LogP) is 2.75. The van der Waals surface area contributed by atoms with Crippen molar-refractivity contribution in [2.45, 2.75) is 0 Å². The summed E-state index contributed by atoms with van der Waals surface area (Å²) in [5.41, 5.74) is 0. The number of hydrogen-bond acceptors (Lipinski definition) is 2. The lowest BCUT2D eigenvalue weighted by Crippen LogP contribution is -1.71. The summed E-state index contributed by atoms with van der Waals surface area (Å²) in [7, 11) is 0. The SMILES string of the molecule is Oc1cc(F)cc2ccsc12. The second-order valence-electron chi connectivity index (χ2n) is 2.26. The molecule has 56 valence electrons. The second kappa shape index (κ2) is 2.20. The van der Waals surface area contributed by atoms with Gasteiger partial charge in [0.2, 0.25) is 0 Å². The highest BCUT2D eigenvalue weighted by molar-refractivity contribution is 7.17. The third-order valence-electron chi connectivity index (χ3n) is 1.50. The summed E-state index contributed by atoms with van der Waals surface area (Å²) in [6.45, 7) is 0. The molecule has 1 aromatic heterocycles. The molecule has 1 nitrogen and oxygen atoms in total. The Morgan fingerprint density at radius 2 is 2.18 bits per heavy atom. The first-order chi connectivity index (χ1) is 5.27. The third-order valence-corrected chi connectivity index (χ3v) is 2.45. The van der Waals surface area contributed by atoms with Crippen LogP contribution in [-0.4, -0.2) is 5.11 Å². The largest absolute Gasteiger partial charge is 0.506 e. The lowest BCUT2D eigenvalue weighted by Gasteiger charge is -1.93. The predicted molar refractivity (Wildman–Crippen MR) is 43.4 cm³/mol. The first kappa shape index (κ1) is 6.61. The van der Waals surface area contributed by atoms with Crippen molar-refractivity contribution in [3.63, 3.8) is 0 Å². The van der Waals surface area contributed by atoms with Crippen LogP contribution in [0.5, 0.6) is 5.75 Å². The molecule has 0 amide bonds. The maximum absolute atomic E-state index is 12.6. The monoisotopic (exact) mass is 168 g/mol. The van der Waals surface area contributed by atoms with E-state index >= 15 is 0 Å². The number of phenols is 1. The topological polar surface area (TPSA) is 20.2 Å². The Kier molecular flexibility index (Phi) is 1.32. The fourth-order valence-electron chi connectivity index (χ4n) is 1.03. The van der Waals surface area contributed by atoms with Gasteiger partial charge in [-0.05, 0) is 22.9 Å². The zero-order chi connectivity index (χ0) is 7.84. The summed E-state index contributed by atoms with van der Waals surface area (Å²) >= 11 is 1.41. The summed E-state index contributed by atoms with van der Waals surface area (Å²) in [4.78, 5) is 0. The van der Waals surface area contributed by atoms with E-state index in [1.165, 1.54) is 17.4 Å². The fraction of sp³-hybridized carbons (Fsp3) is 0. The Bertz CT molecular complexity index is 394. The Balaban J connectivity index is 2.91. The molecule has 0 aliphatic heterocycles. The zero-order valence-electron chi connectivity index (χ0n) is 5.54. The van der Waals surface area contributed by atoms with Gasteiger partial charge in [0.25, 0.3) is 0 Å². The van der Waals surface area contributed by atoms with E-state index in [0.29, 0.717) is 0 Å². The van der Waals surface area contributed by atoms with Gasteiger partial charge in [0.15, 0.2) is 0 Å². The minimum Gasteiger partial charge on any atom is -0.506 e. The summed E-state index contributed by atoms with van der Waals surface area (Å²) < 4.78 is 13.4. The molecule has 0 bridgehead atoms. The molecule has 0 aliphatic rings. The van der Waals surface area contributed by atoms with Gasteiger partial charge < -0.3 is 5.11 Å². The van der Waals surface area contributed by atoms with E-state index in [0.717, 1.165) is 16.2 Å². The number of rotatable bonds is 0. The molecular weight excluding hydrogens is 163 g/mol. The average molecular weight is 168 g/mol. The van der Waals surface area contributed by atoms with Crippen LogP contribution in [0.2, 0.25) is 0 Å². The molecule has 0 unspecified atom stereocenters. The van der Waals surface area contributed by atoms with Crippen LogP contribution in [0.4, 0.5) is 4.39 Å². The number of fused-ring (bicyclic) bond motifs is 1. The van der Waals surface area contributed by atoms with Crippen LogP contribution in [0, 0.1) is 5.82 Å². The molecule has 0 aliphatic carbocycles. The van der Waals surface area contributed by atoms with Crippen molar-refractivity contribution < 1.29 is 9.50 Å². The third kappa shape index (κ3) is 0.973. The molecule has 3 heteroatoms. The quantitative estimate of drug-likeness (QED) is 0.641. The first-order valence-electron chi connectivity index (χ1n) is 3.13. The lowest BCUT2D eigenvalue weighted by molar-refractivity contribution is 0.476. The number of aromatic hydroxyl groups is 1. The number of halogens is 1. The zero-order valence-corrected chi connectivity index (χ0v) is 6.36. The maximum atomic E-state index is 12.6. The summed E-state index contributed by atoms with van der Waals surface area (Å²) in [6, 6.07) is 4.31. The lowest BCUT2D eigenvalue weighted by atomic mass is 10.2. The van der Waals surface area contributed by atoms with Crippen LogP contribution in [0.25, 0.3) is 10.1 Å². The molecule has 1 N–H and O–H groups in total. The van der Waals surface area contributed by atoms with Crippen LogP contribution in [0.3, 0.4) is 0 Å². The van der Waals surface area contributed by atoms with E-state index in [9.17, 15) is 9.50 Å². The summed E-state index contributed by atoms with van der Waals surface area (Å²) in [6.07, 6.45) is 0. The molecule has 0 saturated carbocycles. The Hall–Kier alpha value is -1.09. The Morgan fingerprint density at radius 1 is 1.36 bits per heavy atom. The average Bonchev–Trinajstić information content (AvgIpc) is 2.34. The highest BCUT2D eigenvalue weighted by atomic mass is 32.1. The number of thiophene rings is 1. The van der Waals surface area contributed by atoms with Crippen molar-refractivity contribution >= 4 is 21.4 Å². The molecule has 1 aromatic carbocycles. The van der Waals surface area contributed by atoms with E-state index in [4.69, 9.17) is 0 Å². The van der Waals surface area contributed by atoms with Gasteiger partial charge in [-0.25, -0.2) is 4.39 Å². The van der Waals surface area contributed by atoms with Crippen molar-refractivity contribution in [3.05, 3.63) is 29.4 Å². The number of benzene rings is 1. The van der Waals surface area contributed by atoms with Gasteiger partial charge in [-0.1, -0.05) is 0 Å². The second-order valence-corrected chi connectivity index (χ2v) is 3.18. The molecule has 2 aromatic rings. The number of hydrogen-bond donors (Lipinski definition) is 1. The van der Waals surface area contributed by atoms with Crippen molar-refractivity contribution in [1.29, 1.82) is 0 Å². The molecule has 11 heavy (non-hydrogen) atoms. The van der Waals surface area contributed by atoms with Gasteiger partial charge in [-0.2, -0.15) is 0 Å². The van der Waals surface area contributed by atoms with E-state index in [1.807, 2.05) is 5.38 Å². The molecular formula is C8H5FOS. The first-order valence-corrected chi connectivity index (χ1v) is 4.01. The van der Waals surface area contributed by atoms with E-state index in [2.05, 4.69) is 0 Å². The van der Waals surface area contributed by atoms with Crippen molar-refractivity contribution in [2.24, 2.45) is 0 Å². The Morgan fingerprint density at radius 3 is 3.00 bits per heavy atom. The molecule has 0 saturated heterocycles. The fourth-order valence-corrected chi connectivity index (χ4v) is 1.82. The highest BCUT2D eigenvalue weighted by Gasteiger charge is 2.02. The smallest absolute Gasteiger partial charge is 0.136 e. The van der Waals surface area contributed by atoms with Crippen LogP contribution in [0.1, 0.15) is 0 Å². The van der Waals surface area contributed by atoms with Gasteiger partial charge in [-0.3, -0.25) is 0 Å². The minimum atomic E-state index is -0.395. The molecule has 2 rings (SSSR count). The molecule has 1 heterocycles. The van der Waals surface area contributed by atoms with Gasteiger partial charge in [0, 0.05) is 6.07 Å². The summed E-state index contributed by atoms with van der Waals surface area (Å²) in [5, 5.41) is 11.8. The molecule has 0 fully saturated rings. The van der Waals surface area contributed by atoms with Gasteiger partial charge in [0.1, 0.15) is 11.6 Å². The molecule has 0 spiro atoms. The normalized spacial score (nSPS) is 10.6. The van der Waals surface area contributed by atoms with Gasteiger partial charge in [-0.15, -0.1) is 11.3 Å². The Labute approximate surface area is 66.7 Å². The van der Waals surface area contributed by atoms with Gasteiger partial charge in [0.05, 0.1) is 4.70 Å².